The van der Waals surface area contributed by atoms with Crippen LogP contribution in [0.1, 0.15) is 36.0 Å². The summed E-state index contributed by atoms with van der Waals surface area (Å²) in [5.74, 6) is 1.27. The van der Waals surface area contributed by atoms with Crippen LogP contribution in [0.5, 0.6) is 11.8 Å². The van der Waals surface area contributed by atoms with E-state index >= 15 is 0 Å². The minimum atomic E-state index is -0.388. The van der Waals surface area contributed by atoms with Crippen LogP contribution in [-0.4, -0.2) is 79.2 Å². The van der Waals surface area contributed by atoms with Gasteiger partial charge in [0, 0.05) is 32.8 Å². The minimum Gasteiger partial charge on any atom is -0.481 e. The summed E-state index contributed by atoms with van der Waals surface area (Å²) in [6, 6.07) is 3.34. The van der Waals surface area contributed by atoms with Gasteiger partial charge >= 0.3 is 0 Å². The van der Waals surface area contributed by atoms with Gasteiger partial charge in [-0.2, -0.15) is 4.98 Å². The molecule has 2 saturated heterocycles. The second-order valence-electron chi connectivity index (χ2n) is 7.81. The van der Waals surface area contributed by atoms with Gasteiger partial charge in [0.1, 0.15) is 5.56 Å². The number of piperidine rings is 1. The Morgan fingerprint density at radius 3 is 2.46 bits per heavy atom. The van der Waals surface area contributed by atoms with E-state index in [9.17, 15) is 9.59 Å². The van der Waals surface area contributed by atoms with Crippen LogP contribution in [0.15, 0.2) is 12.1 Å². The fourth-order valence-corrected chi connectivity index (χ4v) is 4.47. The number of nitrogens with zero attached hydrogens (tertiary/aromatic N) is 3. The Kier molecular flexibility index (Phi) is 4.91. The molecule has 3 aliphatic rings. The van der Waals surface area contributed by atoms with E-state index in [2.05, 4.69) is 4.98 Å². The summed E-state index contributed by atoms with van der Waals surface area (Å²) in [5, 5.41) is 0. The average molecular weight is 389 g/mol. The molecule has 1 spiro atoms. The molecule has 8 nitrogen and oxygen atoms in total. The molecule has 4 rings (SSSR count). The molecule has 3 heterocycles. The first-order valence-electron chi connectivity index (χ1n) is 9.76. The van der Waals surface area contributed by atoms with Crippen LogP contribution >= 0.6 is 0 Å². The predicted octanol–water partition coefficient (Wildman–Crippen LogP) is 1.34. The van der Waals surface area contributed by atoms with E-state index in [1.807, 2.05) is 9.80 Å². The topological polar surface area (TPSA) is 81.2 Å². The van der Waals surface area contributed by atoms with Crippen molar-refractivity contribution in [1.29, 1.82) is 0 Å². The van der Waals surface area contributed by atoms with Crippen molar-refractivity contribution in [2.45, 2.75) is 37.3 Å². The number of carbonyl (C=O) groups excluding carboxylic acids is 2. The number of amides is 2. The monoisotopic (exact) mass is 389 g/mol. The van der Waals surface area contributed by atoms with Gasteiger partial charge in [-0.1, -0.05) is 0 Å². The summed E-state index contributed by atoms with van der Waals surface area (Å²) < 4.78 is 15.9. The Labute approximate surface area is 164 Å². The summed E-state index contributed by atoms with van der Waals surface area (Å²) in [5.41, 5.74) is 0.148. The van der Waals surface area contributed by atoms with Gasteiger partial charge in [0.25, 0.3) is 11.8 Å². The fourth-order valence-electron chi connectivity index (χ4n) is 4.47. The van der Waals surface area contributed by atoms with Crippen LogP contribution in [0, 0.1) is 5.92 Å². The van der Waals surface area contributed by atoms with Crippen LogP contribution in [0.4, 0.5) is 0 Å². The molecule has 1 unspecified atom stereocenters. The van der Waals surface area contributed by atoms with Gasteiger partial charge < -0.3 is 24.0 Å². The number of carbonyl (C=O) groups is 2. The molecular weight excluding hydrogens is 362 g/mol. The summed E-state index contributed by atoms with van der Waals surface area (Å²) in [7, 11) is 4.61. The van der Waals surface area contributed by atoms with Crippen molar-refractivity contribution in [3.8, 4) is 11.8 Å². The number of pyridine rings is 1. The first-order valence-corrected chi connectivity index (χ1v) is 9.76. The van der Waals surface area contributed by atoms with Crippen molar-refractivity contribution >= 4 is 11.8 Å². The molecule has 1 atom stereocenters. The highest BCUT2D eigenvalue weighted by molar-refractivity contribution is 5.97. The Morgan fingerprint density at radius 1 is 1.18 bits per heavy atom. The predicted molar refractivity (Wildman–Crippen MR) is 100 cm³/mol. The number of β-lactam (4-membered cyclic amide) rings is 1. The minimum absolute atomic E-state index is 0.0928. The summed E-state index contributed by atoms with van der Waals surface area (Å²) >= 11 is 0. The molecule has 1 aromatic rings. The largest absolute Gasteiger partial charge is 0.481 e. The molecule has 1 aliphatic carbocycles. The molecule has 2 aliphatic heterocycles. The van der Waals surface area contributed by atoms with Crippen LogP contribution in [0.2, 0.25) is 0 Å². The highest BCUT2D eigenvalue weighted by Gasteiger charge is 2.61. The van der Waals surface area contributed by atoms with Gasteiger partial charge in [0.2, 0.25) is 11.8 Å². The molecule has 0 radical (unpaired) electrons. The first kappa shape index (κ1) is 19.0. The van der Waals surface area contributed by atoms with E-state index in [4.69, 9.17) is 14.2 Å². The highest BCUT2D eigenvalue weighted by atomic mass is 16.5. The van der Waals surface area contributed by atoms with Gasteiger partial charge in [0.05, 0.1) is 19.8 Å². The van der Waals surface area contributed by atoms with E-state index in [0.717, 1.165) is 19.4 Å². The Morgan fingerprint density at radius 2 is 1.89 bits per heavy atom. The van der Waals surface area contributed by atoms with Crippen molar-refractivity contribution < 1.29 is 23.8 Å². The van der Waals surface area contributed by atoms with Crippen molar-refractivity contribution in [3.05, 3.63) is 17.7 Å². The smallest absolute Gasteiger partial charge is 0.259 e. The Bertz CT molecular complexity index is 771. The van der Waals surface area contributed by atoms with Crippen LogP contribution in [0.25, 0.3) is 0 Å². The van der Waals surface area contributed by atoms with E-state index < -0.39 is 0 Å². The van der Waals surface area contributed by atoms with Crippen molar-refractivity contribution in [1.82, 2.24) is 14.8 Å². The van der Waals surface area contributed by atoms with Gasteiger partial charge in [0.15, 0.2) is 6.10 Å². The number of likely N-dealkylation sites (tertiary alicyclic amines) is 2. The number of hydrogen-bond donors (Lipinski definition) is 0. The van der Waals surface area contributed by atoms with Crippen molar-refractivity contribution in [3.63, 3.8) is 0 Å². The fraction of sp³-hybridized carbons (Fsp3) is 0.650. The number of hydrogen-bond acceptors (Lipinski definition) is 6. The molecular formula is C20H27N3O5. The molecule has 28 heavy (non-hydrogen) atoms. The Balaban J connectivity index is 1.47. The average Bonchev–Trinajstić information content (AvgIpc) is 3.56. The van der Waals surface area contributed by atoms with Crippen molar-refractivity contribution in [2.75, 3.05) is 41.0 Å². The van der Waals surface area contributed by atoms with Gasteiger partial charge in [-0.25, -0.2) is 0 Å². The lowest BCUT2D eigenvalue weighted by atomic mass is 9.72. The standard InChI is InChI=1S/C20H27N3O5/c1-26-15-7-6-14(17(21-15)28-3)18(24)22-10-8-20(9-11-22)16(27-2)19(25)23(20)12-13-4-5-13/h6-7,13,16H,4-5,8-12H2,1-3H3. The number of ether oxygens (including phenoxy) is 3. The summed E-state index contributed by atoms with van der Waals surface area (Å²) in [6.07, 6.45) is 3.46. The SMILES string of the molecule is COc1ccc(C(=O)N2CCC3(CC2)C(OC)C(=O)N3CC2CC2)c(OC)n1. The third-order valence-corrected chi connectivity index (χ3v) is 6.27. The first-order chi connectivity index (χ1) is 13.5. The zero-order valence-electron chi connectivity index (χ0n) is 16.6. The maximum Gasteiger partial charge on any atom is 0.259 e. The van der Waals surface area contributed by atoms with Crippen LogP contribution < -0.4 is 9.47 Å². The van der Waals surface area contributed by atoms with E-state index in [1.165, 1.54) is 27.1 Å². The second-order valence-corrected chi connectivity index (χ2v) is 7.81. The highest BCUT2D eigenvalue weighted by Crippen LogP contribution is 2.45. The summed E-state index contributed by atoms with van der Waals surface area (Å²) in [4.78, 5) is 33.5. The molecule has 1 aromatic heterocycles. The molecule has 0 N–H and O–H groups in total. The molecule has 8 heteroatoms. The number of methoxy groups -OCH3 is 3. The Hall–Kier alpha value is -2.35. The van der Waals surface area contributed by atoms with Crippen molar-refractivity contribution in [2.24, 2.45) is 5.92 Å². The molecule has 2 amide bonds. The number of rotatable bonds is 6. The van der Waals surface area contributed by atoms with E-state index in [1.54, 1.807) is 19.2 Å². The van der Waals surface area contributed by atoms with Crippen LogP contribution in [-0.2, 0) is 9.53 Å². The molecule has 0 aromatic carbocycles. The second kappa shape index (κ2) is 7.24. The lowest BCUT2D eigenvalue weighted by Gasteiger charge is -2.59. The van der Waals surface area contributed by atoms with E-state index in [0.29, 0.717) is 30.5 Å². The zero-order valence-corrected chi connectivity index (χ0v) is 16.6. The lowest BCUT2D eigenvalue weighted by Crippen LogP contribution is -2.77. The quantitative estimate of drug-likeness (QED) is 0.683. The van der Waals surface area contributed by atoms with Gasteiger partial charge in [-0.05, 0) is 37.7 Å². The maximum absolute atomic E-state index is 13.0. The number of aromatic nitrogens is 1. The lowest BCUT2D eigenvalue weighted by molar-refractivity contribution is -0.198. The third kappa shape index (κ3) is 2.99. The van der Waals surface area contributed by atoms with Gasteiger partial charge in [-0.15, -0.1) is 0 Å². The van der Waals surface area contributed by atoms with E-state index in [-0.39, 0.29) is 29.3 Å². The normalized spacial score (nSPS) is 23.5. The van der Waals surface area contributed by atoms with Gasteiger partial charge in [-0.3, -0.25) is 9.59 Å². The molecule has 0 bridgehead atoms. The molecule has 3 fully saturated rings. The summed E-state index contributed by atoms with van der Waals surface area (Å²) in [6.45, 7) is 1.97. The van der Waals surface area contributed by atoms with Crippen LogP contribution in [0.3, 0.4) is 0 Å². The molecule has 1 saturated carbocycles. The zero-order chi connectivity index (χ0) is 19.9. The third-order valence-electron chi connectivity index (χ3n) is 6.27. The molecule has 152 valence electrons. The maximum atomic E-state index is 13.0.